The summed E-state index contributed by atoms with van der Waals surface area (Å²) in [5.41, 5.74) is 3.05. The Morgan fingerprint density at radius 3 is 2.17 bits per heavy atom. The Kier molecular flexibility index (Phi) is 7.69. The molecule has 0 atom stereocenters. The quantitative estimate of drug-likeness (QED) is 0.341. The number of nitrogens with one attached hydrogen (secondary N) is 2. The van der Waals surface area contributed by atoms with Crippen LogP contribution in [0.5, 0.6) is 11.5 Å². The van der Waals surface area contributed by atoms with E-state index in [1.54, 1.807) is 37.3 Å². The Hall–Kier alpha value is -4.80. The molecule has 0 bridgehead atoms. The van der Waals surface area contributed by atoms with E-state index in [1.807, 2.05) is 57.2 Å². The number of aromatic amines is 1. The molecule has 2 aromatic heterocycles. The first-order chi connectivity index (χ1) is 19.6. The molecule has 41 heavy (non-hydrogen) atoms. The molecule has 2 N–H and O–H groups in total. The first-order valence-electron chi connectivity index (χ1n) is 13.4. The molecule has 2 aromatic carbocycles. The van der Waals surface area contributed by atoms with Crippen molar-refractivity contribution in [2.45, 2.75) is 26.4 Å². The minimum absolute atomic E-state index is 0.277. The van der Waals surface area contributed by atoms with Crippen LogP contribution in [0.15, 0.2) is 54.6 Å². The van der Waals surface area contributed by atoms with Gasteiger partial charge in [0.05, 0.1) is 25.3 Å². The number of pyridine rings is 1. The van der Waals surface area contributed by atoms with Crippen LogP contribution < -0.4 is 19.7 Å². The van der Waals surface area contributed by atoms with E-state index in [4.69, 9.17) is 14.2 Å². The van der Waals surface area contributed by atoms with Gasteiger partial charge in [-0.2, -0.15) is 5.10 Å². The van der Waals surface area contributed by atoms with Crippen LogP contribution in [0.25, 0.3) is 22.3 Å². The predicted octanol–water partition coefficient (Wildman–Crippen LogP) is 4.95. The van der Waals surface area contributed by atoms with Crippen molar-refractivity contribution in [1.82, 2.24) is 20.1 Å². The normalized spacial score (nSPS) is 13.7. The van der Waals surface area contributed by atoms with Crippen LogP contribution in [-0.2, 0) is 4.74 Å². The number of hydrogen-bond acceptors (Lipinski definition) is 8. The molecule has 0 saturated carbocycles. The van der Waals surface area contributed by atoms with Crippen LogP contribution in [0.1, 0.15) is 31.1 Å². The van der Waals surface area contributed by atoms with Gasteiger partial charge in [-0.15, -0.1) is 0 Å². The topological polar surface area (TPSA) is 122 Å². The van der Waals surface area contributed by atoms with Gasteiger partial charge in [0.25, 0.3) is 5.91 Å². The van der Waals surface area contributed by atoms with Gasteiger partial charge in [0.1, 0.15) is 17.1 Å². The summed E-state index contributed by atoms with van der Waals surface area (Å²) >= 11 is 0. The number of methoxy groups -OCH3 is 2. The predicted molar refractivity (Wildman–Crippen MR) is 157 cm³/mol. The number of piperazine rings is 1. The van der Waals surface area contributed by atoms with Gasteiger partial charge in [-0.05, 0) is 69.3 Å². The third-order valence-corrected chi connectivity index (χ3v) is 6.73. The molecule has 1 fully saturated rings. The molecule has 3 heterocycles. The molecule has 11 nitrogen and oxygen atoms in total. The van der Waals surface area contributed by atoms with Crippen molar-refractivity contribution in [3.05, 3.63) is 60.2 Å². The number of carbonyl (C=O) groups is 2. The van der Waals surface area contributed by atoms with Crippen LogP contribution in [0.3, 0.4) is 0 Å². The molecule has 11 heteroatoms. The highest BCUT2D eigenvalue weighted by atomic mass is 16.6. The lowest BCUT2D eigenvalue weighted by Crippen LogP contribution is -2.50. The SMILES string of the molecule is COc1cc(OC)cc(-c2ccc3c(NC(=O)c4ccc(N5CCN(C(=O)OC(C)(C)C)CC5)cc4)n[nH]c3n2)c1. The number of ether oxygens (including phenoxy) is 3. The number of nitrogens with zero attached hydrogens (tertiary/aromatic N) is 4. The summed E-state index contributed by atoms with van der Waals surface area (Å²) in [7, 11) is 3.20. The van der Waals surface area contributed by atoms with Gasteiger partial charge in [0.2, 0.25) is 0 Å². The summed E-state index contributed by atoms with van der Waals surface area (Å²) in [6.07, 6.45) is -0.290. The molecule has 5 rings (SSSR count). The molecular weight excluding hydrogens is 524 g/mol. The van der Waals surface area contributed by atoms with Gasteiger partial charge in [-0.25, -0.2) is 9.78 Å². The zero-order valence-electron chi connectivity index (χ0n) is 23.9. The van der Waals surface area contributed by atoms with Crippen LogP contribution in [-0.4, -0.2) is 78.1 Å². The van der Waals surface area contributed by atoms with E-state index in [0.29, 0.717) is 65.8 Å². The first-order valence-corrected chi connectivity index (χ1v) is 13.4. The number of rotatable bonds is 6. The fourth-order valence-corrected chi connectivity index (χ4v) is 4.59. The second kappa shape index (κ2) is 11.4. The second-order valence-corrected chi connectivity index (χ2v) is 10.7. The lowest BCUT2D eigenvalue weighted by Gasteiger charge is -2.36. The maximum absolute atomic E-state index is 13.0. The minimum atomic E-state index is -0.516. The third-order valence-electron chi connectivity index (χ3n) is 6.73. The number of anilines is 2. The van der Waals surface area contributed by atoms with E-state index in [9.17, 15) is 9.59 Å². The maximum atomic E-state index is 13.0. The lowest BCUT2D eigenvalue weighted by atomic mass is 10.1. The van der Waals surface area contributed by atoms with Gasteiger partial charge < -0.3 is 29.3 Å². The first kappa shape index (κ1) is 27.8. The monoisotopic (exact) mass is 558 g/mol. The average Bonchev–Trinajstić information content (AvgIpc) is 3.37. The zero-order chi connectivity index (χ0) is 29.1. The van der Waals surface area contributed by atoms with E-state index >= 15 is 0 Å². The molecule has 4 aromatic rings. The van der Waals surface area contributed by atoms with Crippen molar-refractivity contribution in [1.29, 1.82) is 0 Å². The second-order valence-electron chi connectivity index (χ2n) is 10.7. The van der Waals surface area contributed by atoms with E-state index in [2.05, 4.69) is 25.4 Å². The fraction of sp³-hybridized carbons (Fsp3) is 0.333. The van der Waals surface area contributed by atoms with Crippen molar-refractivity contribution in [2.24, 2.45) is 0 Å². The number of aromatic nitrogens is 3. The van der Waals surface area contributed by atoms with Gasteiger partial charge in [0.15, 0.2) is 11.5 Å². The fourth-order valence-electron chi connectivity index (χ4n) is 4.59. The van der Waals surface area contributed by atoms with Crippen molar-refractivity contribution in [3.63, 3.8) is 0 Å². The molecular formula is C30H34N6O5. The van der Waals surface area contributed by atoms with Gasteiger partial charge in [0, 0.05) is 49.1 Å². The molecule has 0 aliphatic carbocycles. The maximum Gasteiger partial charge on any atom is 0.410 e. The minimum Gasteiger partial charge on any atom is -0.497 e. The Morgan fingerprint density at radius 1 is 0.902 bits per heavy atom. The lowest BCUT2D eigenvalue weighted by molar-refractivity contribution is 0.0240. The summed E-state index contributed by atoms with van der Waals surface area (Å²) in [6.45, 7) is 8.10. The molecule has 1 saturated heterocycles. The van der Waals surface area contributed by atoms with E-state index in [-0.39, 0.29) is 12.0 Å². The average molecular weight is 559 g/mol. The summed E-state index contributed by atoms with van der Waals surface area (Å²) in [5.74, 6) is 1.44. The van der Waals surface area contributed by atoms with Crippen molar-refractivity contribution < 1.29 is 23.8 Å². The largest absolute Gasteiger partial charge is 0.497 e. The highest BCUT2D eigenvalue weighted by Crippen LogP contribution is 2.31. The summed E-state index contributed by atoms with van der Waals surface area (Å²) in [5, 5.41) is 10.8. The van der Waals surface area contributed by atoms with Gasteiger partial charge >= 0.3 is 6.09 Å². The molecule has 0 unspecified atom stereocenters. The third kappa shape index (κ3) is 6.34. The number of fused-ring (bicyclic) bond motifs is 1. The van der Waals surface area contributed by atoms with E-state index in [1.165, 1.54) is 0 Å². The van der Waals surface area contributed by atoms with Crippen LogP contribution in [0.2, 0.25) is 0 Å². The molecule has 1 aliphatic heterocycles. The van der Waals surface area contributed by atoms with Crippen LogP contribution in [0.4, 0.5) is 16.3 Å². The molecule has 0 radical (unpaired) electrons. The Balaban J connectivity index is 1.23. The van der Waals surface area contributed by atoms with Crippen LogP contribution in [0, 0.1) is 0 Å². The Morgan fingerprint density at radius 2 is 1.56 bits per heavy atom. The van der Waals surface area contributed by atoms with Gasteiger partial charge in [-0.3, -0.25) is 9.89 Å². The van der Waals surface area contributed by atoms with E-state index < -0.39 is 5.60 Å². The van der Waals surface area contributed by atoms with Crippen molar-refractivity contribution >= 4 is 34.5 Å². The smallest absolute Gasteiger partial charge is 0.410 e. The standard InChI is InChI=1S/C30H34N6O5/c1-30(2,3)41-29(38)36-14-12-35(13-15-36)21-8-6-19(7-9-21)28(37)32-27-24-10-11-25(31-26(24)33-34-27)20-16-22(39-4)18-23(17-20)40-5/h6-11,16-18H,12-15H2,1-5H3,(H2,31,32,33,34,37). The number of amides is 2. The highest BCUT2D eigenvalue weighted by Gasteiger charge is 2.26. The van der Waals surface area contributed by atoms with Crippen LogP contribution >= 0.6 is 0 Å². The van der Waals surface area contributed by atoms with Crippen molar-refractivity contribution in [3.8, 4) is 22.8 Å². The summed E-state index contributed by atoms with van der Waals surface area (Å²) in [4.78, 5) is 33.9. The van der Waals surface area contributed by atoms with Gasteiger partial charge in [-0.1, -0.05) is 0 Å². The molecule has 2 amide bonds. The summed E-state index contributed by atoms with van der Waals surface area (Å²) in [6, 6.07) is 16.7. The molecule has 0 spiro atoms. The number of benzene rings is 2. The Labute approximate surface area is 238 Å². The molecule has 214 valence electrons. The van der Waals surface area contributed by atoms with E-state index in [0.717, 1.165) is 11.3 Å². The number of H-pyrrole nitrogens is 1. The van der Waals surface area contributed by atoms with Crippen molar-refractivity contribution in [2.75, 3.05) is 50.6 Å². The number of carbonyl (C=O) groups excluding carboxylic acids is 2. The number of hydrogen-bond donors (Lipinski definition) is 2. The summed E-state index contributed by atoms with van der Waals surface area (Å²) < 4.78 is 16.2. The zero-order valence-corrected chi connectivity index (χ0v) is 23.9. The molecule has 1 aliphatic rings. The Bertz CT molecular complexity index is 1530. The highest BCUT2D eigenvalue weighted by molar-refractivity contribution is 6.07.